The summed E-state index contributed by atoms with van der Waals surface area (Å²) in [5.74, 6) is 0. The van der Waals surface area contributed by atoms with Gasteiger partial charge in [0.2, 0.25) is 0 Å². The lowest BCUT2D eigenvalue weighted by atomic mass is 9.73. The zero-order chi connectivity index (χ0) is 11.0. The van der Waals surface area contributed by atoms with Gasteiger partial charge in [0.15, 0.2) is 0 Å². The first-order valence-electron chi connectivity index (χ1n) is 5.26. The van der Waals surface area contributed by atoms with E-state index in [0.29, 0.717) is 0 Å². The van der Waals surface area contributed by atoms with Gasteiger partial charge < -0.3 is 0 Å². The molecule has 0 aliphatic carbocycles. The summed E-state index contributed by atoms with van der Waals surface area (Å²) >= 11 is 6.40. The molecule has 0 amide bonds. The predicted molar refractivity (Wildman–Crippen MR) is 58.4 cm³/mol. The van der Waals surface area contributed by atoms with E-state index in [-0.39, 0.29) is 22.5 Å². The van der Waals surface area contributed by atoms with E-state index in [9.17, 15) is 0 Å². The van der Waals surface area contributed by atoms with Gasteiger partial charge in [-0.15, -0.1) is 11.6 Å². The molecule has 1 saturated heterocycles. The fraction of sp³-hybridized carbons (Fsp3) is 1.00. The van der Waals surface area contributed by atoms with E-state index in [1.54, 1.807) is 0 Å². The predicted octanol–water partition coefficient (Wildman–Crippen LogP) is 3.53. The number of hydrogen-bond donors (Lipinski definition) is 0. The maximum atomic E-state index is 6.40. The van der Waals surface area contributed by atoms with E-state index in [0.717, 1.165) is 12.8 Å². The zero-order valence-electron chi connectivity index (χ0n) is 9.76. The minimum Gasteiger partial charge on any atom is -0.233 e. The first-order chi connectivity index (χ1) is 6.27. The van der Waals surface area contributed by atoms with Gasteiger partial charge in [-0.3, -0.25) is 0 Å². The Morgan fingerprint density at radius 2 is 1.71 bits per heavy atom. The van der Waals surface area contributed by atoms with Crippen molar-refractivity contribution in [3.63, 3.8) is 0 Å². The van der Waals surface area contributed by atoms with Crippen LogP contribution >= 0.6 is 11.6 Å². The molecule has 0 saturated carbocycles. The van der Waals surface area contributed by atoms with Gasteiger partial charge in [0, 0.05) is 10.8 Å². The van der Waals surface area contributed by atoms with Gasteiger partial charge in [0.05, 0.1) is 6.10 Å². The molecule has 84 valence electrons. The SMILES string of the molecule is C[C@H]1CC[C@@H](Cl)C(C)(C)C(C)(C)OO1. The average Bonchev–Trinajstić information content (AvgIpc) is 2.09. The molecule has 0 N–H and O–H groups in total. The van der Waals surface area contributed by atoms with Crippen LogP contribution in [0.5, 0.6) is 0 Å². The molecule has 1 rings (SSSR count). The van der Waals surface area contributed by atoms with Crippen molar-refractivity contribution in [2.24, 2.45) is 5.41 Å². The zero-order valence-corrected chi connectivity index (χ0v) is 10.5. The molecule has 0 aromatic carbocycles. The molecule has 3 heteroatoms. The minimum absolute atomic E-state index is 0.0886. The molecular formula is C11H21ClO2. The number of hydrogen-bond acceptors (Lipinski definition) is 2. The van der Waals surface area contributed by atoms with Crippen molar-refractivity contribution in [2.75, 3.05) is 0 Å². The maximum Gasteiger partial charge on any atom is 0.104 e. The molecule has 2 atom stereocenters. The molecule has 0 unspecified atom stereocenters. The van der Waals surface area contributed by atoms with Crippen LogP contribution in [-0.4, -0.2) is 17.1 Å². The van der Waals surface area contributed by atoms with Crippen LogP contribution in [0.2, 0.25) is 0 Å². The Kier molecular flexibility index (Phi) is 3.50. The first kappa shape index (κ1) is 12.3. The lowest BCUT2D eigenvalue weighted by molar-refractivity contribution is -0.399. The van der Waals surface area contributed by atoms with Crippen LogP contribution in [-0.2, 0) is 9.78 Å². The van der Waals surface area contributed by atoms with E-state index >= 15 is 0 Å². The van der Waals surface area contributed by atoms with Gasteiger partial charge in [0.25, 0.3) is 0 Å². The van der Waals surface area contributed by atoms with Crippen LogP contribution in [0.3, 0.4) is 0 Å². The molecule has 0 spiro atoms. The maximum absolute atomic E-state index is 6.40. The van der Waals surface area contributed by atoms with Crippen molar-refractivity contribution in [3.05, 3.63) is 0 Å². The Hall–Kier alpha value is 0.210. The van der Waals surface area contributed by atoms with Crippen LogP contribution in [0.25, 0.3) is 0 Å². The molecule has 2 nitrogen and oxygen atoms in total. The number of rotatable bonds is 0. The van der Waals surface area contributed by atoms with Crippen molar-refractivity contribution >= 4 is 11.6 Å². The van der Waals surface area contributed by atoms with E-state index in [1.165, 1.54) is 0 Å². The highest BCUT2D eigenvalue weighted by Crippen LogP contribution is 2.43. The highest BCUT2D eigenvalue weighted by molar-refractivity contribution is 6.21. The van der Waals surface area contributed by atoms with Crippen molar-refractivity contribution < 1.29 is 9.78 Å². The Bertz CT molecular complexity index is 201. The molecule has 0 aromatic rings. The molecule has 1 aliphatic rings. The topological polar surface area (TPSA) is 18.5 Å². The lowest BCUT2D eigenvalue weighted by Crippen LogP contribution is -2.49. The van der Waals surface area contributed by atoms with Gasteiger partial charge in [0.1, 0.15) is 5.60 Å². The monoisotopic (exact) mass is 220 g/mol. The Morgan fingerprint density at radius 1 is 1.14 bits per heavy atom. The molecule has 0 radical (unpaired) electrons. The largest absolute Gasteiger partial charge is 0.233 e. The Balaban J connectivity index is 2.83. The summed E-state index contributed by atoms with van der Waals surface area (Å²) in [4.78, 5) is 10.8. The summed E-state index contributed by atoms with van der Waals surface area (Å²) in [5.41, 5.74) is -0.442. The van der Waals surface area contributed by atoms with Crippen LogP contribution < -0.4 is 0 Å². The van der Waals surface area contributed by atoms with E-state index in [1.807, 2.05) is 20.8 Å². The molecule has 1 heterocycles. The molecule has 14 heavy (non-hydrogen) atoms. The highest BCUT2D eigenvalue weighted by Gasteiger charge is 2.45. The van der Waals surface area contributed by atoms with E-state index < -0.39 is 0 Å². The van der Waals surface area contributed by atoms with Crippen LogP contribution in [0.1, 0.15) is 47.5 Å². The molecule has 1 aliphatic heterocycles. The van der Waals surface area contributed by atoms with Crippen LogP contribution in [0.15, 0.2) is 0 Å². The van der Waals surface area contributed by atoms with Gasteiger partial charge in [-0.25, -0.2) is 9.78 Å². The summed E-state index contributed by atoms with van der Waals surface area (Å²) in [6.07, 6.45) is 2.06. The van der Waals surface area contributed by atoms with Crippen molar-refractivity contribution in [3.8, 4) is 0 Å². The fourth-order valence-electron chi connectivity index (χ4n) is 1.48. The standard InChI is InChI=1S/C11H21ClO2/c1-8-6-7-9(12)10(2,3)11(4,5)14-13-8/h8-9H,6-7H2,1-5H3/t8-,9+/m0/s1. The van der Waals surface area contributed by atoms with Gasteiger partial charge in [-0.2, -0.15) is 0 Å². The smallest absolute Gasteiger partial charge is 0.104 e. The third-order valence-corrected chi connectivity index (χ3v) is 4.35. The highest BCUT2D eigenvalue weighted by atomic mass is 35.5. The Morgan fingerprint density at radius 3 is 2.29 bits per heavy atom. The van der Waals surface area contributed by atoms with Crippen molar-refractivity contribution in [2.45, 2.75) is 64.5 Å². The van der Waals surface area contributed by atoms with Gasteiger partial charge >= 0.3 is 0 Å². The molecular weight excluding hydrogens is 200 g/mol. The quantitative estimate of drug-likeness (QED) is 0.459. The fourth-order valence-corrected chi connectivity index (χ4v) is 1.87. The number of halogens is 1. The first-order valence-corrected chi connectivity index (χ1v) is 5.69. The third kappa shape index (κ3) is 2.23. The minimum atomic E-state index is -0.353. The second-order valence-corrected chi connectivity index (χ2v) is 5.79. The van der Waals surface area contributed by atoms with Gasteiger partial charge in [-0.05, 0) is 33.6 Å². The molecule has 0 bridgehead atoms. The lowest BCUT2D eigenvalue weighted by Gasteiger charge is -2.45. The van der Waals surface area contributed by atoms with E-state index in [2.05, 4.69) is 13.8 Å². The van der Waals surface area contributed by atoms with E-state index in [4.69, 9.17) is 21.4 Å². The second-order valence-electron chi connectivity index (χ2n) is 5.27. The summed E-state index contributed by atoms with van der Waals surface area (Å²) in [5, 5.41) is 0.129. The average molecular weight is 221 g/mol. The Labute approximate surface area is 91.8 Å². The summed E-state index contributed by atoms with van der Waals surface area (Å²) in [7, 11) is 0. The summed E-state index contributed by atoms with van der Waals surface area (Å²) in [6.45, 7) is 10.3. The van der Waals surface area contributed by atoms with Crippen LogP contribution in [0.4, 0.5) is 0 Å². The second kappa shape index (κ2) is 3.99. The van der Waals surface area contributed by atoms with Crippen molar-refractivity contribution in [1.82, 2.24) is 0 Å². The third-order valence-electron chi connectivity index (χ3n) is 3.58. The summed E-state index contributed by atoms with van der Waals surface area (Å²) in [6, 6.07) is 0. The number of alkyl halides is 1. The van der Waals surface area contributed by atoms with Crippen molar-refractivity contribution in [1.29, 1.82) is 0 Å². The molecule has 1 fully saturated rings. The normalized spacial score (nSPS) is 37.3. The summed E-state index contributed by atoms with van der Waals surface area (Å²) < 4.78 is 0. The molecule has 0 aromatic heterocycles. The van der Waals surface area contributed by atoms with Gasteiger partial charge in [-0.1, -0.05) is 13.8 Å². The van der Waals surface area contributed by atoms with Crippen LogP contribution in [0, 0.1) is 5.41 Å².